The highest BCUT2D eigenvalue weighted by Crippen LogP contribution is 2.29. The quantitative estimate of drug-likeness (QED) is 0.926. The Balaban J connectivity index is 1.59. The first-order valence-corrected chi connectivity index (χ1v) is 8.12. The Labute approximate surface area is 135 Å². The van der Waals surface area contributed by atoms with E-state index in [1.54, 1.807) is 11.3 Å². The second-order valence-corrected chi connectivity index (χ2v) is 6.30. The lowest BCUT2D eigenvalue weighted by molar-refractivity contribution is -0.141. The molecule has 0 aliphatic carbocycles. The molecule has 0 spiro atoms. The number of halogens is 3. The summed E-state index contributed by atoms with van der Waals surface area (Å²) >= 11 is 1.61. The number of aryl methyl sites for hydroxylation is 1. The van der Waals surface area contributed by atoms with Crippen molar-refractivity contribution < 1.29 is 13.2 Å². The van der Waals surface area contributed by atoms with Gasteiger partial charge in [-0.15, -0.1) is 11.3 Å². The van der Waals surface area contributed by atoms with Crippen LogP contribution in [-0.2, 0) is 6.18 Å². The normalized spacial score (nSPS) is 16.6. The molecule has 3 heterocycles. The lowest BCUT2D eigenvalue weighted by atomic mass is 10.1. The molecule has 9 heteroatoms. The highest BCUT2D eigenvalue weighted by atomic mass is 32.1. The van der Waals surface area contributed by atoms with Crippen molar-refractivity contribution in [1.29, 1.82) is 0 Å². The SMILES string of the molecule is Cc1csc(N2CCC(Nc3cc(C(F)(F)F)ncn3)CC2)n1. The number of hydrogen-bond donors (Lipinski definition) is 1. The second kappa shape index (κ2) is 6.31. The number of nitrogens with one attached hydrogen (secondary N) is 1. The van der Waals surface area contributed by atoms with Crippen LogP contribution < -0.4 is 10.2 Å². The van der Waals surface area contributed by atoms with E-state index in [0.717, 1.165) is 49.2 Å². The Morgan fingerprint density at radius 1 is 1.26 bits per heavy atom. The fourth-order valence-electron chi connectivity index (χ4n) is 2.50. The Hall–Kier alpha value is -1.90. The number of thiazole rings is 1. The molecular formula is C14H16F3N5S. The summed E-state index contributed by atoms with van der Waals surface area (Å²) in [6.45, 7) is 3.60. The van der Waals surface area contributed by atoms with Crippen LogP contribution in [0.5, 0.6) is 0 Å². The highest BCUT2D eigenvalue weighted by molar-refractivity contribution is 7.13. The molecule has 0 saturated carbocycles. The maximum Gasteiger partial charge on any atom is 0.433 e. The minimum atomic E-state index is -4.45. The molecule has 3 rings (SSSR count). The molecule has 0 bridgehead atoms. The number of piperidine rings is 1. The van der Waals surface area contributed by atoms with Crippen LogP contribution in [0.4, 0.5) is 24.1 Å². The average molecular weight is 343 g/mol. The molecule has 5 nitrogen and oxygen atoms in total. The van der Waals surface area contributed by atoms with Crippen molar-refractivity contribution in [3.8, 4) is 0 Å². The van der Waals surface area contributed by atoms with Crippen LogP contribution in [0, 0.1) is 6.92 Å². The van der Waals surface area contributed by atoms with Gasteiger partial charge in [-0.05, 0) is 19.8 Å². The molecule has 1 saturated heterocycles. The van der Waals surface area contributed by atoms with Crippen molar-refractivity contribution >= 4 is 22.3 Å². The first-order valence-electron chi connectivity index (χ1n) is 7.24. The van der Waals surface area contributed by atoms with Crippen LogP contribution in [0.25, 0.3) is 0 Å². The Bertz CT molecular complexity index is 664. The lowest BCUT2D eigenvalue weighted by Crippen LogP contribution is -2.39. The molecule has 2 aromatic rings. The van der Waals surface area contributed by atoms with Gasteiger partial charge in [0.25, 0.3) is 0 Å². The lowest BCUT2D eigenvalue weighted by Gasteiger charge is -2.32. The molecule has 0 aromatic carbocycles. The maximum absolute atomic E-state index is 12.7. The largest absolute Gasteiger partial charge is 0.433 e. The van der Waals surface area contributed by atoms with Gasteiger partial charge in [-0.2, -0.15) is 13.2 Å². The summed E-state index contributed by atoms with van der Waals surface area (Å²) in [5.41, 5.74) is 0.0802. The summed E-state index contributed by atoms with van der Waals surface area (Å²) in [7, 11) is 0. The fraction of sp³-hybridized carbons (Fsp3) is 0.500. The van der Waals surface area contributed by atoms with Gasteiger partial charge < -0.3 is 10.2 Å². The predicted octanol–water partition coefficient (Wildman–Crippen LogP) is 3.34. The summed E-state index contributed by atoms with van der Waals surface area (Å²) in [6, 6.07) is 1.06. The fourth-order valence-corrected chi connectivity index (χ4v) is 3.36. The number of nitrogens with zero attached hydrogens (tertiary/aromatic N) is 4. The van der Waals surface area contributed by atoms with Crippen LogP contribution in [0.15, 0.2) is 17.8 Å². The topological polar surface area (TPSA) is 53.9 Å². The van der Waals surface area contributed by atoms with E-state index in [0.29, 0.717) is 0 Å². The number of aromatic nitrogens is 3. The van der Waals surface area contributed by atoms with Crippen LogP contribution >= 0.6 is 11.3 Å². The zero-order chi connectivity index (χ0) is 16.4. The molecule has 1 aliphatic heterocycles. The van der Waals surface area contributed by atoms with Gasteiger partial charge in [0, 0.05) is 30.6 Å². The van der Waals surface area contributed by atoms with Crippen molar-refractivity contribution in [2.75, 3.05) is 23.3 Å². The standard InChI is InChI=1S/C14H16F3N5S/c1-9-7-23-13(20-9)22-4-2-10(3-5-22)21-12-6-11(14(15,16)17)18-8-19-12/h6-8,10H,2-5H2,1H3,(H,18,19,21). The minimum Gasteiger partial charge on any atom is -0.367 e. The van der Waals surface area contributed by atoms with E-state index >= 15 is 0 Å². The first kappa shape index (κ1) is 16.0. The summed E-state index contributed by atoms with van der Waals surface area (Å²) in [6.07, 6.45) is -1.86. The van der Waals surface area contributed by atoms with E-state index in [4.69, 9.17) is 0 Å². The zero-order valence-electron chi connectivity index (χ0n) is 12.5. The Morgan fingerprint density at radius 2 is 2.00 bits per heavy atom. The van der Waals surface area contributed by atoms with Gasteiger partial charge in [-0.25, -0.2) is 15.0 Å². The highest BCUT2D eigenvalue weighted by Gasteiger charge is 2.33. The molecule has 23 heavy (non-hydrogen) atoms. The first-order chi connectivity index (χ1) is 10.9. The molecule has 0 atom stereocenters. The van der Waals surface area contributed by atoms with E-state index in [1.807, 2.05) is 12.3 Å². The maximum atomic E-state index is 12.7. The molecule has 124 valence electrons. The molecule has 1 N–H and O–H groups in total. The number of rotatable bonds is 3. The molecule has 0 amide bonds. The van der Waals surface area contributed by atoms with Gasteiger partial charge in [0.2, 0.25) is 0 Å². The van der Waals surface area contributed by atoms with Crippen molar-refractivity contribution in [1.82, 2.24) is 15.0 Å². The molecule has 2 aromatic heterocycles. The summed E-state index contributed by atoms with van der Waals surface area (Å²) < 4.78 is 38.0. The van der Waals surface area contributed by atoms with Crippen molar-refractivity contribution in [2.24, 2.45) is 0 Å². The van der Waals surface area contributed by atoms with Crippen molar-refractivity contribution in [3.63, 3.8) is 0 Å². The third-order valence-corrected chi connectivity index (χ3v) is 4.70. The Kier molecular flexibility index (Phi) is 4.38. The number of anilines is 2. The summed E-state index contributed by atoms with van der Waals surface area (Å²) in [5, 5.41) is 6.09. The monoisotopic (exact) mass is 343 g/mol. The average Bonchev–Trinajstić information content (AvgIpc) is 2.94. The van der Waals surface area contributed by atoms with Gasteiger partial charge in [-0.1, -0.05) is 0 Å². The third kappa shape index (κ3) is 3.90. The molecule has 0 radical (unpaired) electrons. The Morgan fingerprint density at radius 3 is 2.61 bits per heavy atom. The van der Waals surface area contributed by atoms with E-state index in [-0.39, 0.29) is 11.9 Å². The third-order valence-electron chi connectivity index (χ3n) is 3.68. The summed E-state index contributed by atoms with van der Waals surface area (Å²) in [4.78, 5) is 13.8. The van der Waals surface area contributed by atoms with Crippen LogP contribution in [-0.4, -0.2) is 34.1 Å². The molecule has 1 aliphatic rings. The van der Waals surface area contributed by atoms with Gasteiger partial charge in [0.05, 0.1) is 5.69 Å². The van der Waals surface area contributed by atoms with E-state index < -0.39 is 11.9 Å². The van der Waals surface area contributed by atoms with Gasteiger partial charge in [0.1, 0.15) is 17.8 Å². The van der Waals surface area contributed by atoms with Gasteiger partial charge in [0.15, 0.2) is 5.13 Å². The van der Waals surface area contributed by atoms with Crippen molar-refractivity contribution in [3.05, 3.63) is 29.2 Å². The summed E-state index contributed by atoms with van der Waals surface area (Å²) in [5.74, 6) is 0.218. The molecule has 1 fully saturated rings. The van der Waals surface area contributed by atoms with Gasteiger partial charge in [-0.3, -0.25) is 0 Å². The second-order valence-electron chi connectivity index (χ2n) is 5.46. The molecule has 0 unspecified atom stereocenters. The van der Waals surface area contributed by atoms with E-state index in [2.05, 4.69) is 25.2 Å². The van der Waals surface area contributed by atoms with Crippen LogP contribution in [0.1, 0.15) is 24.2 Å². The minimum absolute atomic E-state index is 0.100. The number of hydrogen-bond acceptors (Lipinski definition) is 6. The van der Waals surface area contributed by atoms with Crippen LogP contribution in [0.2, 0.25) is 0 Å². The smallest absolute Gasteiger partial charge is 0.367 e. The predicted molar refractivity (Wildman–Crippen MR) is 82.7 cm³/mol. The zero-order valence-corrected chi connectivity index (χ0v) is 13.3. The van der Waals surface area contributed by atoms with Crippen molar-refractivity contribution in [2.45, 2.75) is 32.0 Å². The van der Waals surface area contributed by atoms with Crippen LogP contribution in [0.3, 0.4) is 0 Å². The van der Waals surface area contributed by atoms with E-state index in [9.17, 15) is 13.2 Å². The van der Waals surface area contributed by atoms with Gasteiger partial charge >= 0.3 is 6.18 Å². The van der Waals surface area contributed by atoms with E-state index in [1.165, 1.54) is 0 Å². The number of alkyl halides is 3. The molecular weight excluding hydrogens is 327 g/mol.